The van der Waals surface area contributed by atoms with E-state index in [1.807, 2.05) is 6.92 Å². The molecule has 0 saturated carbocycles. The molecule has 62 heavy (non-hydrogen) atoms. The highest BCUT2D eigenvalue weighted by Crippen LogP contribution is 2.30. The molecule has 3 rings (SSSR count). The lowest BCUT2D eigenvalue weighted by Gasteiger charge is -2.31. The summed E-state index contributed by atoms with van der Waals surface area (Å²) in [6, 6.07) is 14.0. The average Bonchev–Trinajstić information content (AvgIpc) is 3.70. The Balaban J connectivity index is 1.71. The van der Waals surface area contributed by atoms with Gasteiger partial charge in [-0.1, -0.05) is 57.4 Å². The van der Waals surface area contributed by atoms with Crippen molar-refractivity contribution in [2.75, 3.05) is 18.6 Å². The van der Waals surface area contributed by atoms with Crippen LogP contribution < -0.4 is 26.0 Å². The second-order valence-corrected chi connectivity index (χ2v) is 16.3. The van der Waals surface area contributed by atoms with Crippen LogP contribution in [-0.2, 0) is 33.5 Å². The standard InChI is InChI=1S/C45H61N5O12/c1-10-13-15-20-31(34(11-2)50(28-51)62-43(57)48-30-18-16-14-17-19-30)39(53)46-27-47-41(55)36-24-23-35(59-36)29-21-22-32(37(25-29)58-12-3)40(54)49-33(42(56)61-45(7,8)9)26-38(52)60-44(4,5)6/h14,16-19,21-25,28,31,33-34H,10-13,15,20,26-27H2,1-9H3,(H,46,53)(H,47,55)(H,48,57)(H,49,54). The van der Waals surface area contributed by atoms with E-state index in [2.05, 4.69) is 21.3 Å². The Hall–Kier alpha value is -6.39. The van der Waals surface area contributed by atoms with Crippen molar-refractivity contribution in [2.24, 2.45) is 5.92 Å². The van der Waals surface area contributed by atoms with E-state index >= 15 is 0 Å². The Morgan fingerprint density at radius 1 is 0.823 bits per heavy atom. The highest BCUT2D eigenvalue weighted by molar-refractivity contribution is 6.00. The molecule has 0 fully saturated rings. The lowest BCUT2D eigenvalue weighted by molar-refractivity contribution is -0.167. The number of hydrogen-bond acceptors (Lipinski definition) is 12. The number of ether oxygens (including phenoxy) is 3. The summed E-state index contributed by atoms with van der Waals surface area (Å²) in [5, 5.41) is 11.3. The Morgan fingerprint density at radius 3 is 2.13 bits per heavy atom. The molecule has 0 spiro atoms. The molecular formula is C45H61N5O12. The topological polar surface area (TPSA) is 221 Å². The number of carbonyl (C=O) groups is 7. The molecular weight excluding hydrogens is 803 g/mol. The molecule has 3 aromatic rings. The third kappa shape index (κ3) is 16.2. The minimum atomic E-state index is -1.36. The van der Waals surface area contributed by atoms with Gasteiger partial charge >= 0.3 is 18.0 Å². The summed E-state index contributed by atoms with van der Waals surface area (Å²) in [6.07, 6.45) is 2.08. The molecule has 0 aliphatic rings. The minimum absolute atomic E-state index is 0.0604. The Morgan fingerprint density at radius 2 is 1.52 bits per heavy atom. The van der Waals surface area contributed by atoms with E-state index in [0.29, 0.717) is 36.9 Å². The number of nitrogens with zero attached hydrogens (tertiary/aromatic N) is 1. The number of furan rings is 1. The molecule has 3 unspecified atom stereocenters. The second kappa shape index (κ2) is 23.6. The van der Waals surface area contributed by atoms with Gasteiger partial charge in [0.15, 0.2) is 5.76 Å². The van der Waals surface area contributed by atoms with E-state index in [1.54, 1.807) is 97.9 Å². The highest BCUT2D eigenvalue weighted by atomic mass is 16.7. The number of nitrogens with one attached hydrogen (secondary N) is 4. The quantitative estimate of drug-likeness (QED) is 0.0266. The summed E-state index contributed by atoms with van der Waals surface area (Å²) < 4.78 is 22.5. The highest BCUT2D eigenvalue weighted by Gasteiger charge is 2.34. The van der Waals surface area contributed by atoms with Gasteiger partial charge < -0.3 is 39.4 Å². The third-order valence-electron chi connectivity index (χ3n) is 8.92. The van der Waals surface area contributed by atoms with Gasteiger partial charge in [-0.2, -0.15) is 5.06 Å². The first kappa shape index (κ1) is 50.0. The first-order valence-corrected chi connectivity index (χ1v) is 20.7. The van der Waals surface area contributed by atoms with Gasteiger partial charge in [0.25, 0.3) is 11.8 Å². The molecule has 338 valence electrons. The summed E-state index contributed by atoms with van der Waals surface area (Å²) in [5.41, 5.74) is -0.736. The van der Waals surface area contributed by atoms with Crippen LogP contribution in [0.4, 0.5) is 10.5 Å². The van der Waals surface area contributed by atoms with Crippen molar-refractivity contribution in [1.82, 2.24) is 21.0 Å². The maximum atomic E-state index is 13.6. The van der Waals surface area contributed by atoms with Gasteiger partial charge in [-0.25, -0.2) is 9.59 Å². The van der Waals surface area contributed by atoms with E-state index in [9.17, 15) is 33.6 Å². The van der Waals surface area contributed by atoms with Crippen molar-refractivity contribution in [3.63, 3.8) is 0 Å². The molecule has 17 heteroatoms. The molecule has 0 saturated heterocycles. The van der Waals surface area contributed by atoms with Crippen LogP contribution in [0.25, 0.3) is 11.3 Å². The number of amides is 5. The van der Waals surface area contributed by atoms with Crippen LogP contribution in [0, 0.1) is 5.92 Å². The predicted molar refractivity (Wildman–Crippen MR) is 230 cm³/mol. The fraction of sp³-hybridized carbons (Fsp3) is 0.489. The number of para-hydroxylation sites is 1. The third-order valence-corrected chi connectivity index (χ3v) is 8.92. The molecule has 1 aromatic heterocycles. The van der Waals surface area contributed by atoms with Gasteiger partial charge in [0, 0.05) is 11.3 Å². The van der Waals surface area contributed by atoms with Crippen molar-refractivity contribution in [2.45, 2.75) is 124 Å². The van der Waals surface area contributed by atoms with E-state index in [0.717, 1.165) is 17.9 Å². The zero-order chi connectivity index (χ0) is 46.0. The van der Waals surface area contributed by atoms with Crippen LogP contribution in [0.2, 0.25) is 0 Å². The summed E-state index contributed by atoms with van der Waals surface area (Å²) in [7, 11) is 0. The van der Waals surface area contributed by atoms with Crippen molar-refractivity contribution < 1.29 is 57.0 Å². The summed E-state index contributed by atoms with van der Waals surface area (Å²) in [4.78, 5) is 96.2. The maximum Gasteiger partial charge on any atom is 0.436 e. The number of unbranched alkanes of at least 4 members (excludes halogenated alkanes) is 2. The number of anilines is 1. The fourth-order valence-electron chi connectivity index (χ4n) is 6.21. The molecule has 3 atom stereocenters. The molecule has 0 aliphatic heterocycles. The lowest BCUT2D eigenvalue weighted by atomic mass is 9.90. The first-order chi connectivity index (χ1) is 29.3. The number of carbonyl (C=O) groups excluding carboxylic acids is 7. The van der Waals surface area contributed by atoms with E-state index < -0.39 is 71.4 Å². The van der Waals surface area contributed by atoms with Crippen LogP contribution in [0.5, 0.6) is 5.75 Å². The molecule has 0 bridgehead atoms. The number of hydroxylamine groups is 2. The Kier molecular flexibility index (Phi) is 19.0. The van der Waals surface area contributed by atoms with Crippen molar-refractivity contribution in [3.8, 4) is 17.1 Å². The normalized spacial score (nSPS) is 12.7. The summed E-state index contributed by atoms with van der Waals surface area (Å²) in [6.45, 7) is 15.5. The second-order valence-electron chi connectivity index (χ2n) is 16.3. The monoisotopic (exact) mass is 863 g/mol. The maximum absolute atomic E-state index is 13.6. The number of rotatable bonds is 22. The van der Waals surface area contributed by atoms with Gasteiger partial charge in [-0.05, 0) is 97.7 Å². The van der Waals surface area contributed by atoms with E-state index in [4.69, 9.17) is 23.5 Å². The molecule has 5 amide bonds. The predicted octanol–water partition coefficient (Wildman–Crippen LogP) is 6.92. The number of benzene rings is 2. The van der Waals surface area contributed by atoms with E-state index in [-0.39, 0.29) is 36.1 Å². The SMILES string of the molecule is CCCCCC(C(=O)NCNC(=O)c1ccc(-c2ccc(C(=O)NC(CC(=O)OC(C)(C)C)C(=O)OC(C)(C)C)c(OCC)c2)o1)C(CC)N(C=O)OC(=O)Nc1ccccc1. The Labute approximate surface area is 362 Å². The van der Waals surface area contributed by atoms with Crippen LogP contribution in [0.1, 0.15) is 122 Å². The number of esters is 2. The van der Waals surface area contributed by atoms with Crippen molar-refractivity contribution in [1.29, 1.82) is 0 Å². The van der Waals surface area contributed by atoms with Crippen LogP contribution in [0.3, 0.4) is 0 Å². The molecule has 4 N–H and O–H groups in total. The van der Waals surface area contributed by atoms with Crippen molar-refractivity contribution >= 4 is 47.9 Å². The smallest absolute Gasteiger partial charge is 0.436 e. The van der Waals surface area contributed by atoms with E-state index in [1.165, 1.54) is 18.2 Å². The minimum Gasteiger partial charge on any atom is -0.493 e. The van der Waals surface area contributed by atoms with Crippen molar-refractivity contribution in [3.05, 3.63) is 72.0 Å². The van der Waals surface area contributed by atoms with Gasteiger partial charge in [-0.3, -0.25) is 29.3 Å². The van der Waals surface area contributed by atoms with Gasteiger partial charge in [-0.15, -0.1) is 0 Å². The molecule has 1 heterocycles. The Bertz CT molecular complexity index is 1990. The molecule has 17 nitrogen and oxygen atoms in total. The molecule has 0 radical (unpaired) electrons. The fourth-order valence-corrected chi connectivity index (χ4v) is 6.21. The van der Waals surface area contributed by atoms with Crippen LogP contribution in [-0.4, -0.2) is 83.8 Å². The summed E-state index contributed by atoms with van der Waals surface area (Å²) in [5.74, 6) is -3.77. The first-order valence-electron chi connectivity index (χ1n) is 20.7. The number of hydrogen-bond donors (Lipinski definition) is 4. The average molecular weight is 864 g/mol. The molecule has 2 aromatic carbocycles. The lowest BCUT2D eigenvalue weighted by Crippen LogP contribution is -2.49. The largest absolute Gasteiger partial charge is 0.493 e. The van der Waals surface area contributed by atoms with Gasteiger partial charge in [0.05, 0.1) is 37.2 Å². The van der Waals surface area contributed by atoms with Crippen LogP contribution in [0.15, 0.2) is 65.1 Å². The van der Waals surface area contributed by atoms with Gasteiger partial charge in [0.2, 0.25) is 12.3 Å². The van der Waals surface area contributed by atoms with Crippen LogP contribution >= 0.6 is 0 Å². The molecule has 0 aliphatic carbocycles. The zero-order valence-corrected chi connectivity index (χ0v) is 37.1. The van der Waals surface area contributed by atoms with Gasteiger partial charge in [0.1, 0.15) is 28.8 Å². The summed E-state index contributed by atoms with van der Waals surface area (Å²) >= 11 is 0. The zero-order valence-electron chi connectivity index (χ0n) is 37.1.